The standard InChI is InChI=1S/C26H32ClN3O5/c1-6-29(7-2)12-9-13-30-22(17-10-8-11-18(27)14-17)20(24(32)25(30)33)23(31)19-15(3)21(26(34)35-5)28-16(19)4/h8,10-11,14,22,28,31H,6-7,9,12-13H2,1-5H3/b23-20+/t22-/m1/s1. The molecule has 188 valence electrons. The molecule has 1 aromatic heterocycles. The number of ether oxygens (including phenoxy) is 1. The van der Waals surface area contributed by atoms with E-state index in [4.69, 9.17) is 16.3 Å². The number of aryl methyl sites for hydroxylation is 1. The molecule has 9 heteroatoms. The van der Waals surface area contributed by atoms with E-state index >= 15 is 0 Å². The summed E-state index contributed by atoms with van der Waals surface area (Å²) in [6, 6.07) is 6.13. The van der Waals surface area contributed by atoms with Crippen molar-refractivity contribution in [3.05, 3.63) is 62.9 Å². The number of aliphatic hydroxyl groups excluding tert-OH is 1. The van der Waals surface area contributed by atoms with Gasteiger partial charge >= 0.3 is 5.97 Å². The molecule has 1 atom stereocenters. The fourth-order valence-electron chi connectivity index (χ4n) is 4.68. The van der Waals surface area contributed by atoms with Gasteiger partial charge in [0.05, 0.1) is 18.7 Å². The number of aliphatic hydroxyl groups is 1. The molecular weight excluding hydrogens is 470 g/mol. The third-order valence-electron chi connectivity index (χ3n) is 6.54. The molecule has 3 rings (SSSR count). The molecule has 8 nitrogen and oxygen atoms in total. The van der Waals surface area contributed by atoms with E-state index in [9.17, 15) is 19.5 Å². The summed E-state index contributed by atoms with van der Waals surface area (Å²) in [4.78, 5) is 45.3. The monoisotopic (exact) mass is 501 g/mol. The summed E-state index contributed by atoms with van der Waals surface area (Å²) < 4.78 is 4.82. The van der Waals surface area contributed by atoms with E-state index in [0.717, 1.165) is 19.6 Å². The number of nitrogens with one attached hydrogen (secondary N) is 1. The predicted molar refractivity (Wildman–Crippen MR) is 134 cm³/mol. The highest BCUT2D eigenvalue weighted by molar-refractivity contribution is 6.46. The summed E-state index contributed by atoms with van der Waals surface area (Å²) in [5.41, 5.74) is 2.00. The summed E-state index contributed by atoms with van der Waals surface area (Å²) in [5.74, 6) is -2.36. The lowest BCUT2D eigenvalue weighted by atomic mass is 9.94. The Bertz CT molecular complexity index is 1170. The quantitative estimate of drug-likeness (QED) is 0.231. The Morgan fingerprint density at radius 1 is 1.23 bits per heavy atom. The lowest BCUT2D eigenvalue weighted by molar-refractivity contribution is -0.140. The van der Waals surface area contributed by atoms with Gasteiger partial charge in [0.25, 0.3) is 11.7 Å². The molecule has 0 saturated carbocycles. The fourth-order valence-corrected chi connectivity index (χ4v) is 4.88. The van der Waals surface area contributed by atoms with E-state index in [1.165, 1.54) is 12.0 Å². The van der Waals surface area contributed by atoms with E-state index < -0.39 is 23.7 Å². The highest BCUT2D eigenvalue weighted by Gasteiger charge is 2.46. The number of amides is 1. The van der Waals surface area contributed by atoms with Crippen LogP contribution in [0.1, 0.15) is 59.2 Å². The van der Waals surface area contributed by atoms with Crippen LogP contribution in [-0.4, -0.2) is 70.8 Å². The number of ketones is 1. The number of carbonyl (C=O) groups excluding carboxylic acids is 3. The second-order valence-electron chi connectivity index (χ2n) is 8.54. The molecule has 0 spiro atoms. The Morgan fingerprint density at radius 2 is 1.91 bits per heavy atom. The van der Waals surface area contributed by atoms with Crippen molar-refractivity contribution in [2.75, 3.05) is 33.3 Å². The number of halogens is 1. The second kappa shape index (κ2) is 11.1. The number of nitrogens with zero attached hydrogens (tertiary/aromatic N) is 2. The van der Waals surface area contributed by atoms with Gasteiger partial charge in [0.15, 0.2) is 0 Å². The van der Waals surface area contributed by atoms with Gasteiger partial charge in [0.1, 0.15) is 11.5 Å². The van der Waals surface area contributed by atoms with Crippen molar-refractivity contribution >= 4 is 35.0 Å². The Kier molecular flexibility index (Phi) is 8.40. The topological polar surface area (TPSA) is 103 Å². The van der Waals surface area contributed by atoms with Crippen LogP contribution < -0.4 is 0 Å². The van der Waals surface area contributed by atoms with Crippen molar-refractivity contribution in [1.82, 2.24) is 14.8 Å². The number of Topliss-reactive ketones (excluding diaryl/α,β-unsaturated/α-hetero) is 1. The van der Waals surface area contributed by atoms with Crippen LogP contribution in [0.25, 0.3) is 5.76 Å². The maximum atomic E-state index is 13.3. The first-order valence-electron chi connectivity index (χ1n) is 11.7. The minimum Gasteiger partial charge on any atom is -0.507 e. The van der Waals surface area contributed by atoms with Crippen molar-refractivity contribution in [2.24, 2.45) is 0 Å². The maximum absolute atomic E-state index is 13.3. The molecule has 1 fully saturated rings. The van der Waals surface area contributed by atoms with Crippen molar-refractivity contribution < 1.29 is 24.2 Å². The average Bonchev–Trinajstić information content (AvgIpc) is 3.28. The number of hydrogen-bond acceptors (Lipinski definition) is 6. The number of aromatic nitrogens is 1. The number of likely N-dealkylation sites (tertiary alicyclic amines) is 1. The van der Waals surface area contributed by atoms with Crippen molar-refractivity contribution in [3.63, 3.8) is 0 Å². The van der Waals surface area contributed by atoms with Crippen LogP contribution in [0.3, 0.4) is 0 Å². The van der Waals surface area contributed by atoms with Crippen LogP contribution in [0, 0.1) is 13.8 Å². The molecule has 1 aliphatic heterocycles. The normalized spacial score (nSPS) is 17.5. The SMILES string of the molecule is CCN(CC)CCCN1C(=O)C(=O)/C(=C(/O)c2c(C)[nH]c(C(=O)OC)c2C)[C@H]1c1cccc(Cl)c1. The van der Waals surface area contributed by atoms with Gasteiger partial charge in [0, 0.05) is 22.8 Å². The summed E-state index contributed by atoms with van der Waals surface area (Å²) in [7, 11) is 1.26. The number of hydrogen-bond donors (Lipinski definition) is 2. The minimum atomic E-state index is -0.805. The zero-order chi connectivity index (χ0) is 25.9. The predicted octanol–water partition coefficient (Wildman–Crippen LogP) is 4.23. The molecule has 0 bridgehead atoms. The number of methoxy groups -OCH3 is 1. The third kappa shape index (κ3) is 5.13. The van der Waals surface area contributed by atoms with Crippen LogP contribution in [-0.2, 0) is 14.3 Å². The van der Waals surface area contributed by atoms with E-state index in [-0.39, 0.29) is 17.0 Å². The number of benzene rings is 1. The molecule has 2 aromatic rings. The zero-order valence-corrected chi connectivity index (χ0v) is 21.5. The fraction of sp³-hybridized carbons (Fsp3) is 0.423. The number of esters is 1. The lowest BCUT2D eigenvalue weighted by Crippen LogP contribution is -2.33. The van der Waals surface area contributed by atoms with Crippen molar-refractivity contribution in [1.29, 1.82) is 0 Å². The van der Waals surface area contributed by atoms with Gasteiger partial charge in [-0.3, -0.25) is 9.59 Å². The van der Waals surface area contributed by atoms with Crippen LogP contribution in [0.15, 0.2) is 29.8 Å². The Labute approximate surface area is 210 Å². The first-order valence-corrected chi connectivity index (χ1v) is 12.1. The number of H-pyrrole nitrogens is 1. The van der Waals surface area contributed by atoms with E-state index in [0.29, 0.717) is 40.4 Å². The average molecular weight is 502 g/mol. The third-order valence-corrected chi connectivity index (χ3v) is 6.77. The van der Waals surface area contributed by atoms with Crippen LogP contribution in [0.4, 0.5) is 0 Å². The summed E-state index contributed by atoms with van der Waals surface area (Å²) in [6.07, 6.45) is 0.667. The number of rotatable bonds is 9. The van der Waals surface area contributed by atoms with Gasteiger partial charge in [0.2, 0.25) is 0 Å². The molecular formula is C26H32ClN3O5. The van der Waals surface area contributed by atoms with Crippen molar-refractivity contribution in [3.8, 4) is 0 Å². The van der Waals surface area contributed by atoms with Crippen LogP contribution >= 0.6 is 11.6 Å². The van der Waals surface area contributed by atoms with Crippen LogP contribution in [0.2, 0.25) is 5.02 Å². The minimum absolute atomic E-state index is 0.0262. The number of aromatic amines is 1. The number of carbonyl (C=O) groups is 3. The Morgan fingerprint density at radius 3 is 2.51 bits per heavy atom. The molecule has 1 aliphatic rings. The first-order chi connectivity index (χ1) is 16.7. The molecule has 0 radical (unpaired) electrons. The van der Waals surface area contributed by atoms with Gasteiger partial charge in [-0.2, -0.15) is 0 Å². The first kappa shape index (κ1) is 26.5. The Balaban J connectivity index is 2.12. The molecule has 0 unspecified atom stereocenters. The van der Waals surface area contributed by atoms with Gasteiger partial charge in [-0.15, -0.1) is 0 Å². The summed E-state index contributed by atoms with van der Waals surface area (Å²) >= 11 is 6.25. The van der Waals surface area contributed by atoms with Gasteiger partial charge in [-0.1, -0.05) is 37.6 Å². The lowest BCUT2D eigenvalue weighted by Gasteiger charge is -2.27. The summed E-state index contributed by atoms with van der Waals surface area (Å²) in [6.45, 7) is 10.4. The summed E-state index contributed by atoms with van der Waals surface area (Å²) in [5, 5.41) is 11.9. The highest BCUT2D eigenvalue weighted by atomic mass is 35.5. The van der Waals surface area contributed by atoms with Crippen molar-refractivity contribution in [2.45, 2.75) is 40.2 Å². The molecule has 2 N–H and O–H groups in total. The second-order valence-corrected chi connectivity index (χ2v) is 8.98. The van der Waals surface area contributed by atoms with Gasteiger partial charge in [-0.25, -0.2) is 4.79 Å². The van der Waals surface area contributed by atoms with E-state index in [1.54, 1.807) is 38.1 Å². The largest absolute Gasteiger partial charge is 0.507 e. The van der Waals surface area contributed by atoms with E-state index in [1.807, 2.05) is 0 Å². The Hall–Kier alpha value is -3.10. The molecule has 1 aromatic carbocycles. The molecule has 1 saturated heterocycles. The van der Waals surface area contributed by atoms with E-state index in [2.05, 4.69) is 23.7 Å². The smallest absolute Gasteiger partial charge is 0.354 e. The van der Waals surface area contributed by atoms with Crippen LogP contribution in [0.5, 0.6) is 0 Å². The molecule has 2 heterocycles. The van der Waals surface area contributed by atoms with Gasteiger partial charge in [-0.05, 0) is 63.2 Å². The van der Waals surface area contributed by atoms with Gasteiger partial charge < -0.3 is 24.6 Å². The zero-order valence-electron chi connectivity index (χ0n) is 20.8. The maximum Gasteiger partial charge on any atom is 0.354 e. The molecule has 1 amide bonds. The highest BCUT2D eigenvalue weighted by Crippen LogP contribution is 2.41. The molecule has 0 aliphatic carbocycles. The molecule has 35 heavy (non-hydrogen) atoms.